The van der Waals surface area contributed by atoms with Crippen LogP contribution in [0.4, 0.5) is 0 Å². The Labute approximate surface area is 90.6 Å². The molecule has 1 aromatic rings. The summed E-state index contributed by atoms with van der Waals surface area (Å²) in [6.07, 6.45) is 4.00. The van der Waals surface area contributed by atoms with E-state index in [0.717, 1.165) is 12.1 Å². The first kappa shape index (κ1) is 12.2. The van der Waals surface area contributed by atoms with Crippen LogP contribution in [0.15, 0.2) is 12.4 Å². The van der Waals surface area contributed by atoms with Crippen LogP contribution >= 0.6 is 0 Å². The lowest BCUT2D eigenvalue weighted by atomic mass is 10.1. The average Bonchev–Trinajstić information content (AvgIpc) is 2.65. The number of rotatable bonds is 6. The van der Waals surface area contributed by atoms with Crippen molar-refractivity contribution in [1.29, 1.82) is 0 Å². The van der Waals surface area contributed by atoms with Crippen LogP contribution in [0.1, 0.15) is 18.5 Å². The van der Waals surface area contributed by atoms with Gasteiger partial charge in [-0.05, 0) is 6.92 Å². The summed E-state index contributed by atoms with van der Waals surface area (Å²) in [5, 5.41) is 7.47. The van der Waals surface area contributed by atoms with Gasteiger partial charge in [0.1, 0.15) is 0 Å². The van der Waals surface area contributed by atoms with Gasteiger partial charge in [-0.1, -0.05) is 0 Å². The monoisotopic (exact) mass is 212 g/mol. The number of methoxy groups -OCH3 is 1. The topological polar surface area (TPSA) is 65.1 Å². The lowest BCUT2D eigenvalue weighted by Crippen LogP contribution is -2.33. The summed E-state index contributed by atoms with van der Waals surface area (Å²) in [5.74, 6) is 0. The molecule has 86 valence electrons. The van der Waals surface area contributed by atoms with Crippen molar-refractivity contribution in [3.63, 3.8) is 0 Å². The second-order valence-corrected chi connectivity index (χ2v) is 3.69. The number of hydrogen-bond acceptors (Lipinski definition) is 4. The molecular weight excluding hydrogens is 192 g/mol. The maximum Gasteiger partial charge on any atom is 0.0667 e. The van der Waals surface area contributed by atoms with Crippen LogP contribution < -0.4 is 11.1 Å². The molecule has 0 aromatic carbocycles. The Morgan fingerprint density at radius 2 is 2.40 bits per heavy atom. The molecule has 1 heterocycles. The second kappa shape index (κ2) is 5.85. The Bertz CT molecular complexity index is 287. The van der Waals surface area contributed by atoms with E-state index < -0.39 is 0 Å². The SMILES string of the molecule is COC(C)CNC(CN)c1cnn(C)c1. The average molecular weight is 212 g/mol. The van der Waals surface area contributed by atoms with Gasteiger partial charge in [0.05, 0.1) is 12.3 Å². The fourth-order valence-electron chi connectivity index (χ4n) is 1.35. The zero-order valence-corrected chi connectivity index (χ0v) is 9.60. The quantitative estimate of drug-likeness (QED) is 0.699. The molecule has 0 amide bonds. The maximum atomic E-state index is 5.70. The molecule has 15 heavy (non-hydrogen) atoms. The van der Waals surface area contributed by atoms with Gasteiger partial charge < -0.3 is 15.8 Å². The Balaban J connectivity index is 2.49. The van der Waals surface area contributed by atoms with Crippen molar-refractivity contribution in [2.45, 2.75) is 19.1 Å². The van der Waals surface area contributed by atoms with Gasteiger partial charge in [-0.3, -0.25) is 4.68 Å². The molecule has 0 aliphatic rings. The van der Waals surface area contributed by atoms with Gasteiger partial charge in [0, 0.05) is 45.0 Å². The van der Waals surface area contributed by atoms with Gasteiger partial charge in [-0.2, -0.15) is 5.10 Å². The molecule has 0 aliphatic heterocycles. The van der Waals surface area contributed by atoms with Gasteiger partial charge in [0.15, 0.2) is 0 Å². The lowest BCUT2D eigenvalue weighted by Gasteiger charge is -2.17. The number of nitrogens with two attached hydrogens (primary N) is 1. The van der Waals surface area contributed by atoms with E-state index in [2.05, 4.69) is 10.4 Å². The van der Waals surface area contributed by atoms with Crippen molar-refractivity contribution in [3.05, 3.63) is 18.0 Å². The summed E-state index contributed by atoms with van der Waals surface area (Å²) >= 11 is 0. The fraction of sp³-hybridized carbons (Fsp3) is 0.700. The normalized spacial score (nSPS) is 15.2. The molecule has 5 nitrogen and oxygen atoms in total. The lowest BCUT2D eigenvalue weighted by molar-refractivity contribution is 0.114. The minimum absolute atomic E-state index is 0.149. The van der Waals surface area contributed by atoms with Gasteiger partial charge in [-0.25, -0.2) is 0 Å². The van der Waals surface area contributed by atoms with Crippen LogP contribution in [0.5, 0.6) is 0 Å². The van der Waals surface area contributed by atoms with E-state index in [1.54, 1.807) is 11.8 Å². The van der Waals surface area contributed by atoms with Crippen LogP contribution in [-0.2, 0) is 11.8 Å². The number of nitrogens with one attached hydrogen (secondary N) is 1. The van der Waals surface area contributed by atoms with Crippen LogP contribution in [-0.4, -0.2) is 36.1 Å². The molecule has 2 unspecified atom stereocenters. The van der Waals surface area contributed by atoms with E-state index >= 15 is 0 Å². The molecule has 1 rings (SSSR count). The summed E-state index contributed by atoms with van der Waals surface area (Å²) in [7, 11) is 3.60. The third-order valence-corrected chi connectivity index (χ3v) is 2.42. The van der Waals surface area contributed by atoms with Crippen molar-refractivity contribution >= 4 is 0 Å². The van der Waals surface area contributed by atoms with Gasteiger partial charge in [0.25, 0.3) is 0 Å². The van der Waals surface area contributed by atoms with E-state index in [1.165, 1.54) is 0 Å². The van der Waals surface area contributed by atoms with E-state index in [0.29, 0.717) is 6.54 Å². The minimum Gasteiger partial charge on any atom is -0.380 e. The molecular formula is C10H20N4O. The summed E-state index contributed by atoms with van der Waals surface area (Å²) in [6.45, 7) is 3.36. The number of nitrogens with zero attached hydrogens (tertiary/aromatic N) is 2. The Kier molecular flexibility index (Phi) is 4.74. The third kappa shape index (κ3) is 3.62. The number of aromatic nitrogens is 2. The molecule has 0 saturated carbocycles. The fourth-order valence-corrected chi connectivity index (χ4v) is 1.35. The first-order chi connectivity index (χ1) is 7.17. The van der Waals surface area contributed by atoms with E-state index in [9.17, 15) is 0 Å². The number of hydrogen-bond donors (Lipinski definition) is 2. The Morgan fingerprint density at radius 1 is 1.67 bits per heavy atom. The standard InChI is InChI=1S/C10H20N4O/c1-8(15-3)5-12-10(4-11)9-6-13-14(2)7-9/h6-8,10,12H,4-5,11H2,1-3H3. The van der Waals surface area contributed by atoms with Crippen molar-refractivity contribution in [2.24, 2.45) is 12.8 Å². The summed E-state index contributed by atoms with van der Waals surface area (Å²) < 4.78 is 6.94. The third-order valence-electron chi connectivity index (χ3n) is 2.42. The van der Waals surface area contributed by atoms with E-state index in [1.807, 2.05) is 26.4 Å². The van der Waals surface area contributed by atoms with Crippen LogP contribution in [0, 0.1) is 0 Å². The maximum absolute atomic E-state index is 5.70. The van der Waals surface area contributed by atoms with E-state index in [4.69, 9.17) is 10.5 Å². The smallest absolute Gasteiger partial charge is 0.0667 e. The van der Waals surface area contributed by atoms with Crippen molar-refractivity contribution in [1.82, 2.24) is 15.1 Å². The molecule has 5 heteroatoms. The molecule has 0 radical (unpaired) electrons. The van der Waals surface area contributed by atoms with Gasteiger partial charge in [0.2, 0.25) is 0 Å². The van der Waals surface area contributed by atoms with Crippen LogP contribution in [0.3, 0.4) is 0 Å². The van der Waals surface area contributed by atoms with Gasteiger partial charge in [-0.15, -0.1) is 0 Å². The Hall–Kier alpha value is -0.910. The predicted molar refractivity (Wildman–Crippen MR) is 59.5 cm³/mol. The highest BCUT2D eigenvalue weighted by atomic mass is 16.5. The largest absolute Gasteiger partial charge is 0.380 e. The first-order valence-electron chi connectivity index (χ1n) is 5.12. The molecule has 1 aromatic heterocycles. The van der Waals surface area contributed by atoms with Crippen molar-refractivity contribution < 1.29 is 4.74 Å². The highest BCUT2D eigenvalue weighted by molar-refractivity contribution is 5.10. The molecule has 0 bridgehead atoms. The van der Waals surface area contributed by atoms with Crippen LogP contribution in [0.25, 0.3) is 0 Å². The predicted octanol–water partition coefficient (Wildman–Crippen LogP) is 0.0444. The molecule has 0 aliphatic carbocycles. The van der Waals surface area contributed by atoms with Gasteiger partial charge >= 0.3 is 0 Å². The zero-order valence-electron chi connectivity index (χ0n) is 9.60. The summed E-state index contributed by atoms with van der Waals surface area (Å²) in [5.41, 5.74) is 6.82. The summed E-state index contributed by atoms with van der Waals surface area (Å²) in [4.78, 5) is 0. The van der Waals surface area contributed by atoms with Crippen molar-refractivity contribution in [2.75, 3.05) is 20.2 Å². The zero-order chi connectivity index (χ0) is 11.3. The molecule has 0 spiro atoms. The molecule has 3 N–H and O–H groups in total. The molecule has 2 atom stereocenters. The van der Waals surface area contributed by atoms with Crippen LogP contribution in [0.2, 0.25) is 0 Å². The number of ether oxygens (including phenoxy) is 1. The van der Waals surface area contributed by atoms with E-state index in [-0.39, 0.29) is 12.1 Å². The van der Waals surface area contributed by atoms with Crippen molar-refractivity contribution in [3.8, 4) is 0 Å². The Morgan fingerprint density at radius 3 is 2.87 bits per heavy atom. The second-order valence-electron chi connectivity index (χ2n) is 3.69. The first-order valence-corrected chi connectivity index (χ1v) is 5.12. The molecule has 0 saturated heterocycles. The highest BCUT2D eigenvalue weighted by Gasteiger charge is 2.11. The summed E-state index contributed by atoms with van der Waals surface area (Å²) in [6, 6.07) is 0.149. The molecule has 0 fully saturated rings. The minimum atomic E-state index is 0.149. The highest BCUT2D eigenvalue weighted by Crippen LogP contribution is 2.09. The number of aryl methyl sites for hydroxylation is 1.